The quantitative estimate of drug-likeness (QED) is 0.714. The van der Waals surface area contributed by atoms with Gasteiger partial charge in [-0.25, -0.2) is 0 Å². The second kappa shape index (κ2) is 8.34. The van der Waals surface area contributed by atoms with E-state index in [0.29, 0.717) is 5.95 Å². The fourth-order valence-corrected chi connectivity index (χ4v) is 3.44. The normalized spacial score (nSPS) is 14.0. The molecule has 4 rings (SSSR count). The van der Waals surface area contributed by atoms with E-state index < -0.39 is 0 Å². The molecule has 0 spiro atoms. The average Bonchev–Trinajstić information content (AvgIpc) is 2.77. The van der Waals surface area contributed by atoms with Gasteiger partial charge in [-0.05, 0) is 61.4 Å². The second-order valence-corrected chi connectivity index (χ2v) is 7.23. The smallest absolute Gasteiger partial charge is 0.249 e. The van der Waals surface area contributed by atoms with Crippen molar-refractivity contribution in [1.82, 2.24) is 15.2 Å². The summed E-state index contributed by atoms with van der Waals surface area (Å²) in [6.07, 6.45) is 1.73. The lowest BCUT2D eigenvalue weighted by atomic mass is 10.1. The van der Waals surface area contributed by atoms with Crippen molar-refractivity contribution >= 4 is 23.1 Å². The third kappa shape index (κ3) is 4.39. The number of ether oxygens (including phenoxy) is 1. The zero-order chi connectivity index (χ0) is 20.2. The van der Waals surface area contributed by atoms with Crippen molar-refractivity contribution in [2.24, 2.45) is 0 Å². The van der Waals surface area contributed by atoms with Gasteiger partial charge in [0, 0.05) is 37.6 Å². The van der Waals surface area contributed by atoms with Gasteiger partial charge in [-0.2, -0.15) is 10.1 Å². The van der Waals surface area contributed by atoms with Crippen LogP contribution in [0.3, 0.4) is 0 Å². The van der Waals surface area contributed by atoms with E-state index in [1.54, 1.807) is 13.3 Å². The number of nitrogens with zero attached hydrogens (tertiary/aromatic N) is 5. The summed E-state index contributed by atoms with van der Waals surface area (Å²) in [6, 6.07) is 14.4. The number of hydrogen-bond donors (Lipinski definition) is 1. The van der Waals surface area contributed by atoms with E-state index >= 15 is 0 Å². The van der Waals surface area contributed by atoms with Crippen LogP contribution >= 0.6 is 0 Å². The molecule has 0 saturated carbocycles. The van der Waals surface area contributed by atoms with E-state index in [-0.39, 0.29) is 0 Å². The molecule has 2 heterocycles. The van der Waals surface area contributed by atoms with Crippen LogP contribution in [0.25, 0.3) is 0 Å². The van der Waals surface area contributed by atoms with Crippen molar-refractivity contribution < 1.29 is 4.74 Å². The Bertz CT molecular complexity index is 967. The summed E-state index contributed by atoms with van der Waals surface area (Å²) >= 11 is 0. The van der Waals surface area contributed by atoms with Gasteiger partial charge in [0.1, 0.15) is 5.75 Å². The minimum Gasteiger partial charge on any atom is -0.497 e. The van der Waals surface area contributed by atoms with Gasteiger partial charge < -0.3 is 19.9 Å². The molecule has 0 unspecified atom stereocenters. The molecule has 1 aromatic heterocycles. The van der Waals surface area contributed by atoms with Crippen molar-refractivity contribution in [1.29, 1.82) is 0 Å². The number of piperazine rings is 1. The van der Waals surface area contributed by atoms with E-state index in [4.69, 9.17) is 4.74 Å². The van der Waals surface area contributed by atoms with Crippen LogP contribution in [0.5, 0.6) is 5.75 Å². The Labute approximate surface area is 171 Å². The SMILES string of the molecule is COc1ccc(N2CCN(c3cnnc(Nc4ccc(C)c(C)c4)n3)CC2)cc1. The molecule has 1 N–H and O–H groups in total. The fourth-order valence-electron chi connectivity index (χ4n) is 3.44. The number of nitrogens with one attached hydrogen (secondary N) is 1. The highest BCUT2D eigenvalue weighted by atomic mass is 16.5. The summed E-state index contributed by atoms with van der Waals surface area (Å²) in [5, 5.41) is 11.6. The lowest BCUT2D eigenvalue weighted by Crippen LogP contribution is -2.46. The first-order valence-corrected chi connectivity index (χ1v) is 9.80. The Morgan fingerprint density at radius 2 is 1.62 bits per heavy atom. The zero-order valence-corrected chi connectivity index (χ0v) is 17.1. The number of hydrogen-bond acceptors (Lipinski definition) is 7. The average molecular weight is 390 g/mol. The molecule has 1 saturated heterocycles. The van der Waals surface area contributed by atoms with Gasteiger partial charge in [-0.3, -0.25) is 0 Å². The summed E-state index contributed by atoms with van der Waals surface area (Å²) in [5.41, 5.74) is 4.67. The Morgan fingerprint density at radius 1 is 0.897 bits per heavy atom. The molecule has 2 aromatic carbocycles. The number of anilines is 4. The van der Waals surface area contributed by atoms with Gasteiger partial charge >= 0.3 is 0 Å². The standard InChI is InChI=1S/C22H26N6O/c1-16-4-5-18(14-17(16)2)24-22-25-21(15-23-26-22)28-12-10-27(11-13-28)19-6-8-20(29-3)9-7-19/h4-9,14-15H,10-13H2,1-3H3,(H,24,25,26). The summed E-state index contributed by atoms with van der Waals surface area (Å²) in [7, 11) is 1.69. The molecular formula is C22H26N6O. The summed E-state index contributed by atoms with van der Waals surface area (Å²) in [4.78, 5) is 9.29. The minimum absolute atomic E-state index is 0.517. The molecule has 29 heavy (non-hydrogen) atoms. The lowest BCUT2D eigenvalue weighted by molar-refractivity contribution is 0.415. The van der Waals surface area contributed by atoms with E-state index in [2.05, 4.69) is 68.4 Å². The highest BCUT2D eigenvalue weighted by Gasteiger charge is 2.19. The van der Waals surface area contributed by atoms with E-state index in [0.717, 1.165) is 43.4 Å². The van der Waals surface area contributed by atoms with Crippen LogP contribution in [-0.4, -0.2) is 48.5 Å². The topological polar surface area (TPSA) is 66.4 Å². The number of methoxy groups -OCH3 is 1. The summed E-state index contributed by atoms with van der Waals surface area (Å²) in [6.45, 7) is 7.82. The molecule has 1 aliphatic heterocycles. The predicted molar refractivity (Wildman–Crippen MR) is 116 cm³/mol. The van der Waals surface area contributed by atoms with E-state index in [9.17, 15) is 0 Å². The molecule has 7 nitrogen and oxygen atoms in total. The molecule has 150 valence electrons. The highest BCUT2D eigenvalue weighted by molar-refractivity contribution is 5.57. The number of aryl methyl sites for hydroxylation is 2. The van der Waals surface area contributed by atoms with Crippen molar-refractivity contribution in [3.05, 3.63) is 59.8 Å². The molecule has 0 bridgehead atoms. The van der Waals surface area contributed by atoms with E-state index in [1.165, 1.54) is 16.8 Å². The largest absolute Gasteiger partial charge is 0.497 e. The van der Waals surface area contributed by atoms with Crippen molar-refractivity contribution in [3.8, 4) is 5.75 Å². The molecule has 0 radical (unpaired) electrons. The number of rotatable bonds is 5. The maximum atomic E-state index is 5.24. The third-order valence-corrected chi connectivity index (χ3v) is 5.35. The lowest BCUT2D eigenvalue weighted by Gasteiger charge is -2.36. The molecule has 3 aromatic rings. The van der Waals surface area contributed by atoms with Crippen molar-refractivity contribution in [3.63, 3.8) is 0 Å². The van der Waals surface area contributed by atoms with Crippen molar-refractivity contribution in [2.75, 3.05) is 48.4 Å². The molecule has 1 aliphatic rings. The van der Waals surface area contributed by atoms with Crippen LogP contribution in [0, 0.1) is 13.8 Å². The Hall–Kier alpha value is -3.35. The monoisotopic (exact) mass is 390 g/mol. The molecule has 0 amide bonds. The number of benzene rings is 2. The van der Waals surface area contributed by atoms with Crippen molar-refractivity contribution in [2.45, 2.75) is 13.8 Å². The first-order valence-electron chi connectivity index (χ1n) is 9.80. The molecule has 0 aliphatic carbocycles. The predicted octanol–water partition coefficient (Wildman–Crippen LogP) is 3.57. The van der Waals surface area contributed by atoms with Crippen LogP contribution in [0.4, 0.5) is 23.1 Å². The van der Waals surface area contributed by atoms with Crippen LogP contribution in [0.15, 0.2) is 48.7 Å². The first-order chi connectivity index (χ1) is 14.1. The fraction of sp³-hybridized carbons (Fsp3) is 0.318. The van der Waals surface area contributed by atoms with Gasteiger partial charge in [-0.1, -0.05) is 6.07 Å². The summed E-state index contributed by atoms with van der Waals surface area (Å²) < 4.78 is 5.24. The molecular weight excluding hydrogens is 364 g/mol. The van der Waals surface area contributed by atoms with E-state index in [1.807, 2.05) is 18.2 Å². The molecule has 1 fully saturated rings. The summed E-state index contributed by atoms with van der Waals surface area (Å²) in [5.74, 6) is 2.24. The Kier molecular flexibility index (Phi) is 5.46. The molecule has 7 heteroatoms. The highest BCUT2D eigenvalue weighted by Crippen LogP contribution is 2.23. The van der Waals surface area contributed by atoms with Gasteiger partial charge in [-0.15, -0.1) is 5.10 Å². The Balaban J connectivity index is 1.40. The van der Waals surface area contributed by atoms with Crippen LogP contribution in [0.1, 0.15) is 11.1 Å². The van der Waals surface area contributed by atoms with Crippen LogP contribution < -0.4 is 19.9 Å². The van der Waals surface area contributed by atoms with Crippen LogP contribution in [0.2, 0.25) is 0 Å². The second-order valence-electron chi connectivity index (χ2n) is 7.23. The van der Waals surface area contributed by atoms with Gasteiger partial charge in [0.25, 0.3) is 0 Å². The van der Waals surface area contributed by atoms with Gasteiger partial charge in [0.05, 0.1) is 13.3 Å². The number of aromatic nitrogens is 3. The maximum absolute atomic E-state index is 5.24. The minimum atomic E-state index is 0.517. The first kappa shape index (κ1) is 19.0. The van der Waals surface area contributed by atoms with Gasteiger partial charge in [0.15, 0.2) is 5.82 Å². The van der Waals surface area contributed by atoms with Gasteiger partial charge in [0.2, 0.25) is 5.95 Å². The third-order valence-electron chi connectivity index (χ3n) is 5.35. The molecule has 0 atom stereocenters. The zero-order valence-electron chi connectivity index (χ0n) is 17.1. The maximum Gasteiger partial charge on any atom is 0.249 e. The van der Waals surface area contributed by atoms with Crippen LogP contribution in [-0.2, 0) is 0 Å². The Morgan fingerprint density at radius 3 is 2.31 bits per heavy atom.